The van der Waals surface area contributed by atoms with Gasteiger partial charge in [0.05, 0.1) is 5.56 Å². The van der Waals surface area contributed by atoms with Crippen LogP contribution in [0.15, 0.2) is 48.5 Å². The second-order valence-corrected chi connectivity index (χ2v) is 5.15. The largest absolute Gasteiger partial charge is 0.480 e. The number of amides is 1. The van der Waals surface area contributed by atoms with Crippen LogP contribution in [0.3, 0.4) is 0 Å². The third-order valence-electron chi connectivity index (χ3n) is 3.43. The second-order valence-electron chi connectivity index (χ2n) is 5.15. The molecule has 0 aliphatic carbocycles. The Kier molecular flexibility index (Phi) is 5.36. The molecule has 0 saturated carbocycles. The number of carboxylic acid groups (broad SMARTS) is 1. The number of aromatic carboxylic acids is 1. The van der Waals surface area contributed by atoms with Crippen LogP contribution in [0.4, 0.5) is 5.69 Å². The SMILES string of the molecule is CCC(Oc1ccccc1C)C(=O)Nc1ccc(C(=O)O)cc1. The lowest BCUT2D eigenvalue weighted by Crippen LogP contribution is -2.32. The molecule has 0 radical (unpaired) electrons. The Morgan fingerprint density at radius 3 is 2.35 bits per heavy atom. The molecule has 0 fully saturated rings. The van der Waals surface area contributed by atoms with E-state index in [2.05, 4.69) is 5.32 Å². The number of carbonyl (C=O) groups is 2. The van der Waals surface area contributed by atoms with Gasteiger partial charge in [0.25, 0.3) is 5.91 Å². The fraction of sp³-hybridized carbons (Fsp3) is 0.222. The summed E-state index contributed by atoms with van der Waals surface area (Å²) in [5.74, 6) is -0.591. The Balaban J connectivity index is 2.05. The number of hydrogen-bond donors (Lipinski definition) is 2. The van der Waals surface area contributed by atoms with E-state index in [9.17, 15) is 9.59 Å². The number of nitrogens with one attached hydrogen (secondary N) is 1. The number of hydrogen-bond acceptors (Lipinski definition) is 3. The normalized spacial score (nSPS) is 11.6. The van der Waals surface area contributed by atoms with Crippen LogP contribution >= 0.6 is 0 Å². The third kappa shape index (κ3) is 4.32. The quantitative estimate of drug-likeness (QED) is 0.856. The highest BCUT2D eigenvalue weighted by atomic mass is 16.5. The molecule has 2 N–H and O–H groups in total. The van der Waals surface area contributed by atoms with Crippen molar-refractivity contribution < 1.29 is 19.4 Å². The average molecular weight is 313 g/mol. The van der Waals surface area contributed by atoms with Gasteiger partial charge in [0.1, 0.15) is 5.75 Å². The Hall–Kier alpha value is -2.82. The molecule has 0 aliphatic rings. The van der Waals surface area contributed by atoms with Gasteiger partial charge >= 0.3 is 5.97 Å². The van der Waals surface area contributed by atoms with Gasteiger partial charge in [0, 0.05) is 5.69 Å². The highest BCUT2D eigenvalue weighted by Gasteiger charge is 2.19. The topological polar surface area (TPSA) is 75.6 Å². The van der Waals surface area contributed by atoms with Crippen LogP contribution in [0.2, 0.25) is 0 Å². The first-order valence-corrected chi connectivity index (χ1v) is 7.37. The molecule has 23 heavy (non-hydrogen) atoms. The van der Waals surface area contributed by atoms with E-state index in [1.165, 1.54) is 12.1 Å². The molecule has 1 atom stereocenters. The van der Waals surface area contributed by atoms with Gasteiger partial charge in [-0.1, -0.05) is 25.1 Å². The lowest BCUT2D eigenvalue weighted by molar-refractivity contribution is -0.122. The fourth-order valence-corrected chi connectivity index (χ4v) is 2.08. The van der Waals surface area contributed by atoms with Crippen LogP contribution in [-0.4, -0.2) is 23.1 Å². The van der Waals surface area contributed by atoms with Crippen molar-refractivity contribution >= 4 is 17.6 Å². The molecule has 0 aromatic heterocycles. The predicted octanol–water partition coefficient (Wildman–Crippen LogP) is 3.49. The van der Waals surface area contributed by atoms with Crippen molar-refractivity contribution in [2.24, 2.45) is 0 Å². The maximum Gasteiger partial charge on any atom is 0.335 e. The number of aryl methyl sites for hydroxylation is 1. The summed E-state index contributed by atoms with van der Waals surface area (Å²) in [5.41, 5.74) is 1.67. The van der Waals surface area contributed by atoms with Crippen molar-refractivity contribution in [1.29, 1.82) is 0 Å². The van der Waals surface area contributed by atoms with Crippen LogP contribution in [0.25, 0.3) is 0 Å². The Morgan fingerprint density at radius 1 is 1.13 bits per heavy atom. The number of carboxylic acids is 1. The first-order valence-electron chi connectivity index (χ1n) is 7.37. The van der Waals surface area contributed by atoms with Crippen LogP contribution in [0.5, 0.6) is 5.75 Å². The minimum absolute atomic E-state index is 0.172. The summed E-state index contributed by atoms with van der Waals surface area (Å²) in [6, 6.07) is 13.5. The molecule has 0 heterocycles. The summed E-state index contributed by atoms with van der Waals surface area (Å²) in [6.45, 7) is 3.79. The van der Waals surface area contributed by atoms with Gasteiger partial charge in [-0.05, 0) is 49.2 Å². The smallest absolute Gasteiger partial charge is 0.335 e. The van der Waals surface area contributed by atoms with Crippen molar-refractivity contribution in [3.8, 4) is 5.75 Å². The standard InChI is InChI=1S/C18H19NO4/c1-3-15(23-16-7-5-4-6-12(16)2)17(20)19-14-10-8-13(9-11-14)18(21)22/h4-11,15H,3H2,1-2H3,(H,19,20)(H,21,22). The summed E-state index contributed by atoms with van der Waals surface area (Å²) in [5, 5.41) is 11.6. The summed E-state index contributed by atoms with van der Waals surface area (Å²) in [4.78, 5) is 23.1. The van der Waals surface area contributed by atoms with Gasteiger partial charge in [0.2, 0.25) is 0 Å². The summed E-state index contributed by atoms with van der Waals surface area (Å²) in [7, 11) is 0. The van der Waals surface area contributed by atoms with Gasteiger partial charge < -0.3 is 15.2 Å². The van der Waals surface area contributed by atoms with E-state index in [0.29, 0.717) is 17.9 Å². The fourth-order valence-electron chi connectivity index (χ4n) is 2.08. The number of benzene rings is 2. The minimum Gasteiger partial charge on any atom is -0.480 e. The summed E-state index contributed by atoms with van der Waals surface area (Å²) >= 11 is 0. The molecule has 5 nitrogen and oxygen atoms in total. The maximum atomic E-state index is 12.3. The van der Waals surface area contributed by atoms with Crippen LogP contribution in [-0.2, 0) is 4.79 Å². The molecule has 0 spiro atoms. The lowest BCUT2D eigenvalue weighted by atomic mass is 10.2. The maximum absolute atomic E-state index is 12.3. The molecule has 0 aliphatic heterocycles. The van der Waals surface area contributed by atoms with E-state index < -0.39 is 12.1 Å². The lowest BCUT2D eigenvalue weighted by Gasteiger charge is -2.18. The number of carbonyl (C=O) groups excluding carboxylic acids is 1. The number of anilines is 1. The van der Waals surface area contributed by atoms with Gasteiger partial charge in [-0.15, -0.1) is 0 Å². The number of rotatable bonds is 6. The van der Waals surface area contributed by atoms with Crippen LogP contribution in [0.1, 0.15) is 29.3 Å². The molecule has 0 saturated heterocycles. The molecule has 2 aromatic rings. The van der Waals surface area contributed by atoms with E-state index in [0.717, 1.165) is 5.56 Å². The average Bonchev–Trinajstić information content (AvgIpc) is 2.54. The van der Waals surface area contributed by atoms with E-state index in [-0.39, 0.29) is 11.5 Å². The Morgan fingerprint density at radius 2 is 1.78 bits per heavy atom. The van der Waals surface area contributed by atoms with Crippen molar-refractivity contribution in [2.75, 3.05) is 5.32 Å². The predicted molar refractivity (Wildman–Crippen MR) is 87.9 cm³/mol. The van der Waals surface area contributed by atoms with Crippen LogP contribution in [0, 0.1) is 6.92 Å². The first-order chi connectivity index (χ1) is 11.0. The molecule has 0 bridgehead atoms. The zero-order chi connectivity index (χ0) is 16.8. The van der Waals surface area contributed by atoms with Gasteiger partial charge in [-0.3, -0.25) is 4.79 Å². The molecule has 5 heteroatoms. The Labute approximate surface area is 134 Å². The van der Waals surface area contributed by atoms with E-state index in [1.807, 2.05) is 38.1 Å². The van der Waals surface area contributed by atoms with Crippen molar-refractivity contribution in [1.82, 2.24) is 0 Å². The zero-order valence-electron chi connectivity index (χ0n) is 13.1. The van der Waals surface area contributed by atoms with Gasteiger partial charge in [0.15, 0.2) is 6.10 Å². The molecule has 1 unspecified atom stereocenters. The zero-order valence-corrected chi connectivity index (χ0v) is 13.1. The van der Waals surface area contributed by atoms with E-state index in [1.54, 1.807) is 12.1 Å². The number of para-hydroxylation sites is 1. The minimum atomic E-state index is -1.00. The molecule has 2 aromatic carbocycles. The third-order valence-corrected chi connectivity index (χ3v) is 3.43. The molecule has 120 valence electrons. The highest BCUT2D eigenvalue weighted by Crippen LogP contribution is 2.19. The van der Waals surface area contributed by atoms with Crippen molar-refractivity contribution in [3.05, 3.63) is 59.7 Å². The Bertz CT molecular complexity index is 694. The van der Waals surface area contributed by atoms with Gasteiger partial charge in [-0.2, -0.15) is 0 Å². The summed E-state index contributed by atoms with van der Waals surface area (Å²) in [6.07, 6.45) is -0.0943. The molecule has 1 amide bonds. The van der Waals surface area contributed by atoms with E-state index >= 15 is 0 Å². The molecular weight excluding hydrogens is 294 g/mol. The van der Waals surface area contributed by atoms with Crippen molar-refractivity contribution in [2.45, 2.75) is 26.4 Å². The van der Waals surface area contributed by atoms with Crippen LogP contribution < -0.4 is 10.1 Å². The first kappa shape index (κ1) is 16.5. The summed E-state index contributed by atoms with van der Waals surface area (Å²) < 4.78 is 5.78. The second kappa shape index (κ2) is 7.45. The van der Waals surface area contributed by atoms with E-state index in [4.69, 9.17) is 9.84 Å². The van der Waals surface area contributed by atoms with Gasteiger partial charge in [-0.25, -0.2) is 4.79 Å². The van der Waals surface area contributed by atoms with Crippen molar-refractivity contribution in [3.63, 3.8) is 0 Å². The monoisotopic (exact) mass is 313 g/mol. The molecular formula is C18H19NO4. The molecule has 2 rings (SSSR count). The highest BCUT2D eigenvalue weighted by molar-refractivity contribution is 5.95. The number of ether oxygens (including phenoxy) is 1.